The van der Waals surface area contributed by atoms with Crippen molar-refractivity contribution in [3.05, 3.63) is 108 Å². The molecule has 0 spiro atoms. The average Bonchev–Trinajstić information content (AvgIpc) is 3.05. The molecule has 0 saturated heterocycles. The van der Waals surface area contributed by atoms with Gasteiger partial charge >= 0.3 is 0 Å². The van der Waals surface area contributed by atoms with Gasteiger partial charge in [0.05, 0.1) is 18.1 Å². The van der Waals surface area contributed by atoms with E-state index in [1.54, 1.807) is 7.05 Å². The zero-order valence-electron chi connectivity index (χ0n) is 26.7. The Bertz CT molecular complexity index is 1250. The largest absolute Gasteiger partial charge is 0.345 e. The fraction of sp³-hybridized carbons (Fsp3) is 0.432. The zero-order chi connectivity index (χ0) is 31.9. The van der Waals surface area contributed by atoms with Crippen LogP contribution >= 0.6 is 0 Å². The number of benzene rings is 3. The highest BCUT2D eigenvalue weighted by molar-refractivity contribution is 5.90. The van der Waals surface area contributed by atoms with Crippen molar-refractivity contribution in [2.75, 3.05) is 13.6 Å². The lowest BCUT2D eigenvalue weighted by molar-refractivity contribution is -0.129. The van der Waals surface area contributed by atoms with E-state index in [0.29, 0.717) is 18.9 Å². The smallest absolute Gasteiger partial charge is 0.238 e. The second kappa shape index (κ2) is 18.1. The van der Waals surface area contributed by atoms with Gasteiger partial charge in [-0.25, -0.2) is 0 Å². The van der Waals surface area contributed by atoms with Gasteiger partial charge in [-0.1, -0.05) is 111 Å². The van der Waals surface area contributed by atoms with Crippen LogP contribution in [0.4, 0.5) is 0 Å². The minimum absolute atomic E-state index is 0.0312. The van der Waals surface area contributed by atoms with Crippen LogP contribution in [0.1, 0.15) is 69.2 Å². The van der Waals surface area contributed by atoms with E-state index in [4.69, 9.17) is 5.73 Å². The molecule has 2 amide bonds. The maximum atomic E-state index is 13.3. The molecule has 0 radical (unpaired) electrons. The van der Waals surface area contributed by atoms with Crippen LogP contribution in [-0.2, 0) is 20.8 Å². The maximum Gasteiger partial charge on any atom is 0.238 e. The fourth-order valence-electron chi connectivity index (χ4n) is 5.64. The molecule has 0 aromatic heterocycles. The van der Waals surface area contributed by atoms with Crippen molar-refractivity contribution in [1.29, 1.82) is 0 Å². The summed E-state index contributed by atoms with van der Waals surface area (Å²) in [5.74, 6) is -0.232. The molecule has 5 unspecified atom stereocenters. The Labute approximate surface area is 263 Å². The molecule has 0 aliphatic rings. The lowest BCUT2D eigenvalue weighted by Crippen LogP contribution is -2.53. The van der Waals surface area contributed by atoms with Gasteiger partial charge in [0, 0.05) is 5.92 Å². The van der Waals surface area contributed by atoms with E-state index in [1.807, 2.05) is 97.9 Å². The third-order valence-electron chi connectivity index (χ3n) is 8.58. The number of likely N-dealkylation sites (N-methyl/N-ethyl adjacent to an activating group) is 1. The van der Waals surface area contributed by atoms with E-state index in [1.165, 1.54) is 6.92 Å². The molecule has 3 rings (SSSR count). The van der Waals surface area contributed by atoms with Crippen molar-refractivity contribution >= 4 is 17.6 Å². The molecule has 3 aromatic carbocycles. The summed E-state index contributed by atoms with van der Waals surface area (Å²) in [7, 11) is 1.75. The highest BCUT2D eigenvalue weighted by Gasteiger charge is 2.29. The SMILES string of the molecule is CNC(Cc1ccccc1)C(=O)NC(C(C)=O)C(CN)CCC(C)CCC(C)C(=O)NC(c1ccccc1)c1ccccc1. The third-order valence-corrected chi connectivity index (χ3v) is 8.58. The van der Waals surface area contributed by atoms with Crippen molar-refractivity contribution in [3.8, 4) is 0 Å². The van der Waals surface area contributed by atoms with E-state index in [-0.39, 0.29) is 35.5 Å². The van der Waals surface area contributed by atoms with E-state index >= 15 is 0 Å². The van der Waals surface area contributed by atoms with E-state index in [2.05, 4.69) is 22.9 Å². The van der Waals surface area contributed by atoms with Gasteiger partial charge in [0.25, 0.3) is 0 Å². The monoisotopic (exact) mass is 598 g/mol. The summed E-state index contributed by atoms with van der Waals surface area (Å²) >= 11 is 0. The summed E-state index contributed by atoms with van der Waals surface area (Å²) in [5.41, 5.74) is 9.28. The third kappa shape index (κ3) is 10.7. The topological polar surface area (TPSA) is 113 Å². The Balaban J connectivity index is 1.52. The molecule has 0 saturated carbocycles. The molecule has 0 aliphatic carbocycles. The van der Waals surface area contributed by atoms with Gasteiger partial charge in [-0.15, -0.1) is 0 Å². The van der Waals surface area contributed by atoms with E-state index < -0.39 is 12.1 Å². The molecule has 236 valence electrons. The second-order valence-corrected chi connectivity index (χ2v) is 12.0. The predicted octanol–water partition coefficient (Wildman–Crippen LogP) is 5.20. The molecule has 3 aromatic rings. The van der Waals surface area contributed by atoms with Crippen molar-refractivity contribution in [2.45, 2.75) is 71.0 Å². The van der Waals surface area contributed by atoms with Gasteiger partial charge in [-0.05, 0) is 74.7 Å². The van der Waals surface area contributed by atoms with Crippen molar-refractivity contribution in [2.24, 2.45) is 23.5 Å². The minimum Gasteiger partial charge on any atom is -0.345 e. The Morgan fingerprint density at radius 1 is 0.705 bits per heavy atom. The second-order valence-electron chi connectivity index (χ2n) is 12.0. The first-order valence-corrected chi connectivity index (χ1v) is 15.9. The Morgan fingerprint density at radius 3 is 1.73 bits per heavy atom. The number of Topliss-reactive ketones (excluding diaryl/α,β-unsaturated/α-hetero) is 1. The molecule has 5 N–H and O–H groups in total. The summed E-state index contributed by atoms with van der Waals surface area (Å²) in [6.45, 7) is 5.97. The number of carbonyl (C=O) groups excluding carboxylic acids is 3. The first-order chi connectivity index (χ1) is 21.2. The van der Waals surface area contributed by atoms with Crippen LogP contribution in [0.15, 0.2) is 91.0 Å². The molecular weight excluding hydrogens is 548 g/mol. The van der Waals surface area contributed by atoms with Crippen LogP contribution < -0.4 is 21.7 Å². The molecule has 5 atom stereocenters. The highest BCUT2D eigenvalue weighted by atomic mass is 16.2. The predicted molar refractivity (Wildman–Crippen MR) is 178 cm³/mol. The van der Waals surface area contributed by atoms with Crippen LogP contribution in [0, 0.1) is 17.8 Å². The van der Waals surface area contributed by atoms with Crippen molar-refractivity contribution in [3.63, 3.8) is 0 Å². The summed E-state index contributed by atoms with van der Waals surface area (Å²) in [6, 6.07) is 28.6. The number of carbonyl (C=O) groups is 3. The summed E-state index contributed by atoms with van der Waals surface area (Å²) in [5, 5.41) is 9.34. The molecule has 0 bridgehead atoms. The van der Waals surface area contributed by atoms with Gasteiger partial charge < -0.3 is 21.7 Å². The standard InChI is InChI=1S/C37H50N4O3/c1-26(20-22-27(2)36(43)41-35(30-16-10-6-11-17-30)31-18-12-7-13-19-31)21-23-32(25-38)34(28(3)42)40-37(44)33(39-4)24-29-14-8-5-9-15-29/h5-19,26-27,32-35,39H,20-25,38H2,1-4H3,(H,40,44)(H,41,43). The quantitative estimate of drug-likeness (QED) is 0.161. The lowest BCUT2D eigenvalue weighted by atomic mass is 9.86. The minimum atomic E-state index is -0.635. The van der Waals surface area contributed by atoms with Crippen LogP contribution in [0.5, 0.6) is 0 Å². The molecule has 7 nitrogen and oxygen atoms in total. The average molecular weight is 599 g/mol. The van der Waals surface area contributed by atoms with Crippen LogP contribution in [0.25, 0.3) is 0 Å². The van der Waals surface area contributed by atoms with Gasteiger partial charge in [0.1, 0.15) is 0 Å². The Morgan fingerprint density at radius 2 is 1.23 bits per heavy atom. The molecule has 7 heteroatoms. The van der Waals surface area contributed by atoms with Crippen LogP contribution in [0.3, 0.4) is 0 Å². The van der Waals surface area contributed by atoms with Gasteiger partial charge in [0.2, 0.25) is 11.8 Å². The molecule has 44 heavy (non-hydrogen) atoms. The number of ketones is 1. The molecule has 0 heterocycles. The van der Waals surface area contributed by atoms with Crippen molar-refractivity contribution in [1.82, 2.24) is 16.0 Å². The van der Waals surface area contributed by atoms with Crippen LogP contribution in [-0.4, -0.2) is 43.3 Å². The fourth-order valence-corrected chi connectivity index (χ4v) is 5.64. The summed E-state index contributed by atoms with van der Waals surface area (Å²) in [4.78, 5) is 39.1. The van der Waals surface area contributed by atoms with Gasteiger partial charge in [-0.3, -0.25) is 14.4 Å². The molecular formula is C37H50N4O3. The Hall–Kier alpha value is -3.81. The number of nitrogens with two attached hydrogens (primary N) is 1. The van der Waals surface area contributed by atoms with Gasteiger partial charge in [-0.2, -0.15) is 0 Å². The zero-order valence-corrected chi connectivity index (χ0v) is 26.7. The molecule has 0 aliphatic heterocycles. The first kappa shape index (κ1) is 34.7. The van der Waals surface area contributed by atoms with E-state index in [9.17, 15) is 14.4 Å². The maximum absolute atomic E-state index is 13.3. The first-order valence-electron chi connectivity index (χ1n) is 15.9. The normalized spacial score (nSPS) is 14.7. The number of hydrogen-bond acceptors (Lipinski definition) is 5. The lowest BCUT2D eigenvalue weighted by Gasteiger charge is -2.28. The molecule has 0 fully saturated rings. The highest BCUT2D eigenvalue weighted by Crippen LogP contribution is 2.25. The Kier molecular flexibility index (Phi) is 14.3. The summed E-state index contributed by atoms with van der Waals surface area (Å²) < 4.78 is 0. The van der Waals surface area contributed by atoms with E-state index in [0.717, 1.165) is 42.4 Å². The van der Waals surface area contributed by atoms with Crippen molar-refractivity contribution < 1.29 is 14.4 Å². The number of amides is 2. The van der Waals surface area contributed by atoms with Gasteiger partial charge in [0.15, 0.2) is 5.78 Å². The summed E-state index contributed by atoms with van der Waals surface area (Å²) in [6.07, 6.45) is 3.74. The number of nitrogens with one attached hydrogen (secondary N) is 3. The number of rotatable bonds is 18. The van der Waals surface area contributed by atoms with Crippen LogP contribution in [0.2, 0.25) is 0 Å². The number of hydrogen-bond donors (Lipinski definition) is 4.